The molecule has 2 aliphatic heterocycles. The number of primary amides is 1. The molecule has 11 nitrogen and oxygen atoms in total. The zero-order chi connectivity index (χ0) is 35.9. The van der Waals surface area contributed by atoms with Crippen LogP contribution < -0.4 is 5.73 Å². The molecule has 6 rings (SSSR count). The molecule has 0 bridgehead atoms. The molecular formula is C40H40N8O3. The second kappa shape index (κ2) is 15.6. The highest BCUT2D eigenvalue weighted by molar-refractivity contribution is 5.92. The highest BCUT2D eigenvalue weighted by Gasteiger charge is 2.43. The zero-order valence-electron chi connectivity index (χ0n) is 28.4. The average Bonchev–Trinajstić information content (AvgIpc) is 3.84. The Morgan fingerprint density at radius 3 is 1.92 bits per heavy atom. The molecule has 0 spiro atoms. The van der Waals surface area contributed by atoms with Crippen molar-refractivity contribution in [3.05, 3.63) is 119 Å². The summed E-state index contributed by atoms with van der Waals surface area (Å²) in [5.74, 6) is -2.57. The third-order valence-electron chi connectivity index (χ3n) is 10.5. The minimum Gasteiger partial charge on any atom is -0.368 e. The minimum atomic E-state index is -1.11. The molecule has 3 amide bonds. The van der Waals surface area contributed by atoms with E-state index in [1.165, 1.54) is 10.5 Å². The Morgan fingerprint density at radius 2 is 1.35 bits per heavy atom. The predicted molar refractivity (Wildman–Crippen MR) is 188 cm³/mol. The van der Waals surface area contributed by atoms with Crippen molar-refractivity contribution in [3.63, 3.8) is 0 Å². The molecule has 3 atom stereocenters. The molecule has 0 radical (unpaired) electrons. The molecule has 2 aromatic heterocycles. The second-order valence-corrected chi connectivity index (χ2v) is 13.3. The fourth-order valence-corrected chi connectivity index (χ4v) is 7.81. The Hall–Kier alpha value is -6.12. The van der Waals surface area contributed by atoms with Gasteiger partial charge in [-0.3, -0.25) is 14.4 Å². The maximum atomic E-state index is 15.0. The Balaban J connectivity index is 1.35. The molecule has 51 heavy (non-hydrogen) atoms. The van der Waals surface area contributed by atoms with E-state index in [9.17, 15) is 30.2 Å². The number of nitrogens with zero attached hydrogens (tertiary/aromatic N) is 7. The van der Waals surface area contributed by atoms with Crippen LogP contribution in [-0.2, 0) is 33.9 Å². The number of hydrogen-bond donors (Lipinski definition) is 1. The molecular weight excluding hydrogens is 640 g/mol. The van der Waals surface area contributed by atoms with Gasteiger partial charge in [-0.05, 0) is 91.1 Å². The van der Waals surface area contributed by atoms with Crippen molar-refractivity contribution in [2.75, 3.05) is 19.6 Å². The van der Waals surface area contributed by atoms with E-state index in [4.69, 9.17) is 5.73 Å². The van der Waals surface area contributed by atoms with Gasteiger partial charge in [0.25, 0.3) is 0 Å². The molecule has 11 heteroatoms. The lowest BCUT2D eigenvalue weighted by molar-refractivity contribution is -0.151. The van der Waals surface area contributed by atoms with Crippen LogP contribution in [0.1, 0.15) is 71.3 Å². The highest BCUT2D eigenvalue weighted by Crippen LogP contribution is 2.36. The summed E-state index contributed by atoms with van der Waals surface area (Å²) in [6, 6.07) is 27.7. The van der Waals surface area contributed by atoms with Gasteiger partial charge in [0.1, 0.15) is 29.6 Å². The smallest absolute Gasteiger partial charge is 0.244 e. The number of aromatic nitrogens is 2. The van der Waals surface area contributed by atoms with Crippen LogP contribution in [0.4, 0.5) is 0 Å². The van der Waals surface area contributed by atoms with E-state index in [-0.39, 0.29) is 31.2 Å². The van der Waals surface area contributed by atoms with Crippen LogP contribution in [0.5, 0.6) is 0 Å². The van der Waals surface area contributed by atoms with Gasteiger partial charge in [0, 0.05) is 45.1 Å². The highest BCUT2D eigenvalue weighted by atomic mass is 16.2. The van der Waals surface area contributed by atoms with Crippen LogP contribution in [0.3, 0.4) is 0 Å². The number of nitriles is 3. The van der Waals surface area contributed by atoms with E-state index in [1.54, 1.807) is 64.0 Å². The normalized spacial score (nSPS) is 17.0. The van der Waals surface area contributed by atoms with Crippen LogP contribution in [0.2, 0.25) is 0 Å². The number of nitrogens with two attached hydrogens (primary N) is 1. The first-order chi connectivity index (χ1) is 24.8. The van der Waals surface area contributed by atoms with E-state index in [2.05, 4.69) is 30.3 Å². The summed E-state index contributed by atoms with van der Waals surface area (Å²) in [7, 11) is 0. The van der Waals surface area contributed by atoms with Crippen molar-refractivity contribution >= 4 is 17.7 Å². The van der Waals surface area contributed by atoms with Gasteiger partial charge >= 0.3 is 0 Å². The molecule has 258 valence electrons. The van der Waals surface area contributed by atoms with Gasteiger partial charge < -0.3 is 24.7 Å². The second-order valence-electron chi connectivity index (χ2n) is 13.3. The molecule has 2 aliphatic rings. The quantitative estimate of drug-likeness (QED) is 0.243. The molecule has 2 aromatic carbocycles. The number of likely N-dealkylation sites (tertiary alicyclic amines) is 1. The maximum Gasteiger partial charge on any atom is 0.244 e. The van der Waals surface area contributed by atoms with Crippen LogP contribution in [-0.4, -0.2) is 56.3 Å². The molecule has 4 aromatic rings. The van der Waals surface area contributed by atoms with Gasteiger partial charge in [-0.2, -0.15) is 15.8 Å². The Bertz CT molecular complexity index is 2020. The Kier molecular flexibility index (Phi) is 10.6. The van der Waals surface area contributed by atoms with Crippen LogP contribution in [0, 0.1) is 45.8 Å². The summed E-state index contributed by atoms with van der Waals surface area (Å²) in [6.07, 6.45) is 6.11. The third-order valence-corrected chi connectivity index (χ3v) is 10.5. The topological polar surface area (TPSA) is 165 Å². The van der Waals surface area contributed by atoms with Gasteiger partial charge in [-0.1, -0.05) is 36.4 Å². The van der Waals surface area contributed by atoms with Crippen LogP contribution in [0.25, 0.3) is 0 Å². The van der Waals surface area contributed by atoms with Crippen LogP contribution >= 0.6 is 0 Å². The largest absolute Gasteiger partial charge is 0.368 e. The van der Waals surface area contributed by atoms with Crippen LogP contribution in [0.15, 0.2) is 85.2 Å². The molecule has 2 N–H and O–H groups in total. The first-order valence-corrected chi connectivity index (χ1v) is 17.4. The van der Waals surface area contributed by atoms with Gasteiger partial charge in [0.05, 0.1) is 23.5 Å². The van der Waals surface area contributed by atoms with Crippen molar-refractivity contribution in [2.45, 2.75) is 57.2 Å². The van der Waals surface area contributed by atoms with E-state index < -0.39 is 23.8 Å². The number of aryl methyl sites for hydroxylation is 2. The average molecular weight is 681 g/mol. The first-order valence-electron chi connectivity index (χ1n) is 17.4. The molecule has 3 unspecified atom stereocenters. The number of benzene rings is 2. The molecule has 1 fully saturated rings. The predicted octanol–water partition coefficient (Wildman–Crippen LogP) is 4.63. The summed E-state index contributed by atoms with van der Waals surface area (Å²) < 4.78 is 3.55. The zero-order valence-corrected chi connectivity index (χ0v) is 28.4. The number of carbonyl (C=O) groups excluding carboxylic acids is 3. The lowest BCUT2D eigenvalue weighted by Crippen LogP contribution is -2.52. The van der Waals surface area contributed by atoms with Gasteiger partial charge in [-0.25, -0.2) is 0 Å². The number of amides is 3. The minimum absolute atomic E-state index is 0.140. The number of piperidine rings is 1. The molecule has 0 aliphatic carbocycles. The van der Waals surface area contributed by atoms with Crippen molar-refractivity contribution < 1.29 is 14.4 Å². The Labute approximate surface area is 297 Å². The summed E-state index contributed by atoms with van der Waals surface area (Å²) >= 11 is 0. The van der Waals surface area contributed by atoms with E-state index in [0.717, 1.165) is 18.4 Å². The maximum absolute atomic E-state index is 15.0. The summed E-state index contributed by atoms with van der Waals surface area (Å²) in [6.45, 7) is 1.92. The lowest BCUT2D eigenvalue weighted by Gasteiger charge is -2.40. The molecule has 1 saturated heterocycles. The third kappa shape index (κ3) is 7.41. The van der Waals surface area contributed by atoms with Crippen molar-refractivity contribution in [1.82, 2.24) is 18.9 Å². The van der Waals surface area contributed by atoms with E-state index in [1.807, 2.05) is 23.1 Å². The summed E-state index contributed by atoms with van der Waals surface area (Å²) in [5, 5.41) is 29.0. The van der Waals surface area contributed by atoms with Crippen molar-refractivity contribution in [1.29, 1.82) is 15.8 Å². The fraction of sp³-hybridized carbons (Fsp3) is 0.350. The van der Waals surface area contributed by atoms with E-state index in [0.29, 0.717) is 61.0 Å². The molecule has 4 heterocycles. The Morgan fingerprint density at radius 1 is 0.745 bits per heavy atom. The number of fused-ring (bicyclic) bond motifs is 1. The lowest BCUT2D eigenvalue weighted by atomic mass is 9.81. The van der Waals surface area contributed by atoms with Gasteiger partial charge in [0.15, 0.2) is 0 Å². The monoisotopic (exact) mass is 680 g/mol. The number of rotatable bonds is 11. The summed E-state index contributed by atoms with van der Waals surface area (Å²) in [4.78, 5) is 46.2. The van der Waals surface area contributed by atoms with Crippen molar-refractivity contribution in [3.8, 4) is 18.2 Å². The standard InChI is InChI=1S/C40H40N8O3/c41-25-28-10-11-31-14-23-48(37(38(44)49)36(31)24-28)40(51)35(16-22-46-18-5-9-33(46)27-43)34(15-21-45-17-4-8-32(45)26-42)39(50)47-19-12-30(13-20-47)29-6-2-1-3-7-29/h1-11,17-18,24,30,34-35,37H,12-16,19-23H2,(H2,44,49). The summed E-state index contributed by atoms with van der Waals surface area (Å²) in [5.41, 5.74) is 9.85. The first kappa shape index (κ1) is 34.7. The van der Waals surface area contributed by atoms with Crippen molar-refractivity contribution in [2.24, 2.45) is 17.6 Å². The number of hydrogen-bond acceptors (Lipinski definition) is 6. The fourth-order valence-electron chi connectivity index (χ4n) is 7.81. The van der Waals surface area contributed by atoms with Gasteiger partial charge in [0.2, 0.25) is 17.7 Å². The van der Waals surface area contributed by atoms with E-state index >= 15 is 0 Å². The SMILES string of the molecule is N#Cc1ccc2c(c1)C(C(N)=O)N(C(=O)C(CCn1cccc1C#N)C(CCn1cccc1C#N)C(=O)N1CCC(c3ccccc3)CC1)CC2. The van der Waals surface area contributed by atoms with Gasteiger partial charge in [-0.15, -0.1) is 0 Å². The number of carbonyl (C=O) groups is 3. The molecule has 0 saturated carbocycles.